The zero-order chi connectivity index (χ0) is 15.6. The third kappa shape index (κ3) is 9.40. The second-order valence-electron chi connectivity index (χ2n) is 5.09. The van der Waals surface area contributed by atoms with E-state index in [1.54, 1.807) is 20.8 Å². The summed E-state index contributed by atoms with van der Waals surface area (Å²) in [6.07, 6.45) is -0.547. The predicted octanol–water partition coefficient (Wildman–Crippen LogP) is -0.493. The zero-order valence-corrected chi connectivity index (χ0v) is 12.3. The number of aliphatic hydroxyl groups excluding tert-OH is 2. The maximum Gasteiger partial charge on any atom is 0.407 e. The van der Waals surface area contributed by atoms with Crippen LogP contribution in [-0.4, -0.2) is 72.2 Å². The molecule has 0 aliphatic heterocycles. The average Bonchev–Trinajstić information content (AvgIpc) is 2.32. The van der Waals surface area contributed by atoms with E-state index in [0.29, 0.717) is 0 Å². The van der Waals surface area contributed by atoms with Crippen LogP contribution in [0.5, 0.6) is 0 Å². The molecule has 0 spiro atoms. The summed E-state index contributed by atoms with van der Waals surface area (Å²) in [5.41, 5.74) is -0.563. The van der Waals surface area contributed by atoms with Gasteiger partial charge in [-0.25, -0.2) is 9.59 Å². The van der Waals surface area contributed by atoms with Crippen LogP contribution in [-0.2, 0) is 4.74 Å². The number of nitrogens with zero attached hydrogens (tertiary/aromatic N) is 1. The molecule has 3 amide bonds. The summed E-state index contributed by atoms with van der Waals surface area (Å²) in [6.45, 7) is 5.67. The molecule has 0 aliphatic rings. The van der Waals surface area contributed by atoms with E-state index in [0.717, 1.165) is 0 Å². The highest BCUT2D eigenvalue weighted by Gasteiger charge is 2.16. The number of carbonyl (C=O) groups is 2. The average molecular weight is 291 g/mol. The van der Waals surface area contributed by atoms with Gasteiger partial charge in [0.05, 0.1) is 13.2 Å². The Kier molecular flexibility index (Phi) is 8.66. The molecule has 0 rings (SSSR count). The topological polar surface area (TPSA) is 111 Å². The van der Waals surface area contributed by atoms with Crippen molar-refractivity contribution < 1.29 is 24.5 Å². The van der Waals surface area contributed by atoms with Crippen LogP contribution >= 0.6 is 0 Å². The predicted molar refractivity (Wildman–Crippen MR) is 73.4 cm³/mol. The van der Waals surface area contributed by atoms with Crippen molar-refractivity contribution in [2.24, 2.45) is 0 Å². The maximum absolute atomic E-state index is 11.6. The number of urea groups is 1. The molecule has 0 saturated carbocycles. The van der Waals surface area contributed by atoms with Gasteiger partial charge in [0.15, 0.2) is 0 Å². The van der Waals surface area contributed by atoms with Crippen LogP contribution in [0.1, 0.15) is 20.8 Å². The van der Waals surface area contributed by atoms with E-state index in [1.807, 2.05) is 0 Å². The molecule has 0 radical (unpaired) electrons. The number of ether oxygens (including phenoxy) is 1. The molecule has 0 atom stereocenters. The number of hydrogen-bond donors (Lipinski definition) is 4. The lowest BCUT2D eigenvalue weighted by Gasteiger charge is -2.22. The van der Waals surface area contributed by atoms with Gasteiger partial charge in [0.25, 0.3) is 0 Å². The lowest BCUT2D eigenvalue weighted by atomic mass is 10.2. The third-order valence-corrected chi connectivity index (χ3v) is 2.10. The summed E-state index contributed by atoms with van der Waals surface area (Å²) in [7, 11) is 0. The Bertz CT molecular complexity index is 298. The lowest BCUT2D eigenvalue weighted by Crippen LogP contribution is -2.45. The first-order chi connectivity index (χ1) is 9.30. The number of amides is 3. The van der Waals surface area contributed by atoms with E-state index < -0.39 is 17.7 Å². The van der Waals surface area contributed by atoms with Crippen LogP contribution < -0.4 is 10.6 Å². The van der Waals surface area contributed by atoms with Gasteiger partial charge in [0.1, 0.15) is 5.60 Å². The second kappa shape index (κ2) is 9.38. The Balaban J connectivity index is 3.87. The first-order valence-electron chi connectivity index (χ1n) is 6.51. The van der Waals surface area contributed by atoms with Gasteiger partial charge in [-0.3, -0.25) is 0 Å². The Labute approximate surface area is 119 Å². The normalized spacial score (nSPS) is 10.8. The van der Waals surface area contributed by atoms with E-state index >= 15 is 0 Å². The zero-order valence-electron chi connectivity index (χ0n) is 12.3. The molecule has 4 N–H and O–H groups in total. The first-order valence-corrected chi connectivity index (χ1v) is 6.51. The molecule has 0 unspecified atom stereocenters. The molecule has 8 nitrogen and oxygen atoms in total. The highest BCUT2D eigenvalue weighted by molar-refractivity contribution is 5.74. The number of rotatable bonds is 7. The molecule has 20 heavy (non-hydrogen) atoms. The van der Waals surface area contributed by atoms with Crippen LogP contribution in [0.15, 0.2) is 0 Å². The monoisotopic (exact) mass is 291 g/mol. The number of carbonyl (C=O) groups excluding carboxylic acids is 2. The minimum atomic E-state index is -0.563. The molecular weight excluding hydrogens is 266 g/mol. The van der Waals surface area contributed by atoms with Gasteiger partial charge in [-0.1, -0.05) is 0 Å². The standard InChI is InChI=1S/C12H25N3O5/c1-12(2,3)20-11(19)14-5-4-13-10(18)15(6-8-16)7-9-17/h16-17H,4-9H2,1-3H3,(H,13,18)(H,14,19). The van der Waals surface area contributed by atoms with Gasteiger partial charge in [0.2, 0.25) is 0 Å². The first kappa shape index (κ1) is 18.5. The third-order valence-electron chi connectivity index (χ3n) is 2.10. The summed E-state index contributed by atoms with van der Waals surface area (Å²) in [4.78, 5) is 24.3. The highest BCUT2D eigenvalue weighted by Crippen LogP contribution is 2.05. The smallest absolute Gasteiger partial charge is 0.407 e. The summed E-state index contributed by atoms with van der Waals surface area (Å²) in [6, 6.07) is -0.404. The van der Waals surface area contributed by atoms with Crippen molar-refractivity contribution in [3.63, 3.8) is 0 Å². The van der Waals surface area contributed by atoms with Gasteiger partial charge in [0, 0.05) is 26.2 Å². The SMILES string of the molecule is CC(C)(C)OC(=O)NCCNC(=O)N(CCO)CCO. The number of alkyl carbamates (subject to hydrolysis) is 1. The molecule has 0 aromatic rings. The van der Waals surface area contributed by atoms with Crippen molar-refractivity contribution >= 4 is 12.1 Å². The Morgan fingerprint density at radius 2 is 1.55 bits per heavy atom. The molecule has 0 bridgehead atoms. The Morgan fingerprint density at radius 1 is 1.05 bits per heavy atom. The van der Waals surface area contributed by atoms with Crippen molar-refractivity contribution in [2.75, 3.05) is 39.4 Å². The molecular formula is C12H25N3O5. The molecule has 0 aromatic carbocycles. The van der Waals surface area contributed by atoms with Crippen molar-refractivity contribution in [1.29, 1.82) is 0 Å². The Morgan fingerprint density at radius 3 is 2.00 bits per heavy atom. The van der Waals surface area contributed by atoms with Gasteiger partial charge in [-0.2, -0.15) is 0 Å². The van der Waals surface area contributed by atoms with Crippen LogP contribution in [0.3, 0.4) is 0 Å². The van der Waals surface area contributed by atoms with Gasteiger partial charge in [-0.15, -0.1) is 0 Å². The molecule has 0 aromatic heterocycles. The van der Waals surface area contributed by atoms with E-state index in [9.17, 15) is 9.59 Å². The van der Waals surface area contributed by atoms with Crippen molar-refractivity contribution in [1.82, 2.24) is 15.5 Å². The van der Waals surface area contributed by atoms with Crippen LogP contribution in [0.25, 0.3) is 0 Å². The minimum Gasteiger partial charge on any atom is -0.444 e. The molecule has 8 heteroatoms. The molecule has 0 fully saturated rings. The number of hydrogen-bond acceptors (Lipinski definition) is 5. The van der Waals surface area contributed by atoms with E-state index in [1.165, 1.54) is 4.90 Å². The molecule has 118 valence electrons. The largest absolute Gasteiger partial charge is 0.444 e. The summed E-state index contributed by atoms with van der Waals surface area (Å²) in [5, 5.41) is 22.6. The lowest BCUT2D eigenvalue weighted by molar-refractivity contribution is 0.0528. The molecule has 0 saturated heterocycles. The van der Waals surface area contributed by atoms with Gasteiger partial charge < -0.3 is 30.5 Å². The second-order valence-corrected chi connectivity index (χ2v) is 5.09. The number of nitrogens with one attached hydrogen (secondary N) is 2. The quantitative estimate of drug-likeness (QED) is 0.473. The molecule has 0 aliphatic carbocycles. The van der Waals surface area contributed by atoms with Gasteiger partial charge in [-0.05, 0) is 20.8 Å². The summed E-state index contributed by atoms with van der Waals surface area (Å²) >= 11 is 0. The van der Waals surface area contributed by atoms with E-state index in [2.05, 4.69) is 10.6 Å². The summed E-state index contributed by atoms with van der Waals surface area (Å²) < 4.78 is 5.03. The van der Waals surface area contributed by atoms with Crippen LogP contribution in [0.4, 0.5) is 9.59 Å². The van der Waals surface area contributed by atoms with E-state index in [4.69, 9.17) is 14.9 Å². The molecule has 0 heterocycles. The fourth-order valence-corrected chi connectivity index (χ4v) is 1.32. The fourth-order valence-electron chi connectivity index (χ4n) is 1.32. The van der Waals surface area contributed by atoms with E-state index in [-0.39, 0.29) is 39.4 Å². The highest BCUT2D eigenvalue weighted by atomic mass is 16.6. The summed E-state index contributed by atoms with van der Waals surface area (Å²) in [5.74, 6) is 0. The minimum absolute atomic E-state index is 0.145. The number of aliphatic hydroxyl groups is 2. The van der Waals surface area contributed by atoms with Gasteiger partial charge >= 0.3 is 12.1 Å². The van der Waals surface area contributed by atoms with Crippen LogP contribution in [0, 0.1) is 0 Å². The fraction of sp³-hybridized carbons (Fsp3) is 0.833. The Hall–Kier alpha value is -1.54. The van der Waals surface area contributed by atoms with Crippen molar-refractivity contribution in [2.45, 2.75) is 26.4 Å². The van der Waals surface area contributed by atoms with Crippen molar-refractivity contribution in [3.8, 4) is 0 Å². The maximum atomic E-state index is 11.6. The van der Waals surface area contributed by atoms with Crippen molar-refractivity contribution in [3.05, 3.63) is 0 Å². The van der Waals surface area contributed by atoms with Crippen LogP contribution in [0.2, 0.25) is 0 Å².